The van der Waals surface area contributed by atoms with E-state index in [0.29, 0.717) is 5.82 Å². The van der Waals surface area contributed by atoms with Crippen molar-refractivity contribution in [3.05, 3.63) is 72.3 Å². The summed E-state index contributed by atoms with van der Waals surface area (Å²) in [5, 5.41) is 6.58. The third kappa shape index (κ3) is 4.01. The van der Waals surface area contributed by atoms with Crippen molar-refractivity contribution < 1.29 is 14.0 Å². The van der Waals surface area contributed by atoms with Gasteiger partial charge < -0.3 is 9.16 Å². The highest BCUT2D eigenvalue weighted by Gasteiger charge is 2.50. The van der Waals surface area contributed by atoms with Gasteiger partial charge in [0.25, 0.3) is 8.32 Å². The minimum Gasteiger partial charge on any atom is -0.463 e. The molecule has 29 heavy (non-hydrogen) atoms. The number of carbonyl (C=O) groups excluding carboxylic acids is 1. The molecule has 0 spiro atoms. The van der Waals surface area contributed by atoms with Crippen molar-refractivity contribution >= 4 is 24.7 Å². The summed E-state index contributed by atoms with van der Waals surface area (Å²) in [6.07, 6.45) is 0. The van der Waals surface area contributed by atoms with Gasteiger partial charge in [-0.3, -0.25) is 0 Å². The summed E-state index contributed by atoms with van der Waals surface area (Å²) in [7, 11) is 0.320. The van der Waals surface area contributed by atoms with Gasteiger partial charge in [0.05, 0.1) is 13.7 Å². The molecule has 0 bridgehead atoms. The van der Waals surface area contributed by atoms with Crippen LogP contribution in [-0.2, 0) is 22.8 Å². The molecule has 0 aliphatic heterocycles. The first-order chi connectivity index (χ1) is 13.8. The van der Waals surface area contributed by atoms with Gasteiger partial charge in [-0.1, -0.05) is 81.4 Å². The van der Waals surface area contributed by atoms with Crippen molar-refractivity contribution in [2.45, 2.75) is 32.4 Å². The van der Waals surface area contributed by atoms with Crippen molar-refractivity contribution in [1.29, 1.82) is 0 Å². The fourth-order valence-corrected chi connectivity index (χ4v) is 8.20. The summed E-state index contributed by atoms with van der Waals surface area (Å²) in [6, 6.07) is 20.7. The number of benzene rings is 2. The minimum atomic E-state index is -2.68. The number of hydrogen-bond acceptors (Lipinski definition) is 5. The molecule has 0 saturated heterocycles. The van der Waals surface area contributed by atoms with Crippen molar-refractivity contribution in [2.24, 2.45) is 7.05 Å². The van der Waals surface area contributed by atoms with E-state index >= 15 is 0 Å². The molecule has 0 fully saturated rings. The molecule has 0 radical (unpaired) electrons. The zero-order chi connectivity index (χ0) is 21.1. The Balaban J connectivity index is 2.06. The molecule has 0 unspecified atom stereocenters. The maximum atomic E-state index is 11.9. The normalized spacial score (nSPS) is 12.0. The summed E-state index contributed by atoms with van der Waals surface area (Å²) in [5.74, 6) is 0.103. The number of aromatic nitrogens is 3. The predicted molar refractivity (Wildman–Crippen MR) is 115 cm³/mol. The molecule has 0 aliphatic carbocycles. The summed E-state index contributed by atoms with van der Waals surface area (Å²) >= 11 is 0. The number of rotatable bonds is 6. The van der Waals surface area contributed by atoms with Gasteiger partial charge in [0.15, 0.2) is 5.82 Å². The number of methoxy groups -OCH3 is 1. The van der Waals surface area contributed by atoms with E-state index in [9.17, 15) is 4.79 Å². The van der Waals surface area contributed by atoms with Gasteiger partial charge in [-0.2, -0.15) is 5.10 Å². The number of carbonyl (C=O) groups is 1. The van der Waals surface area contributed by atoms with Crippen LogP contribution in [0, 0.1) is 0 Å². The van der Waals surface area contributed by atoms with Crippen LogP contribution in [0.4, 0.5) is 0 Å². The van der Waals surface area contributed by atoms with Gasteiger partial charge in [-0.25, -0.2) is 14.5 Å². The molecule has 152 valence electrons. The molecule has 0 N–H and O–H groups in total. The quantitative estimate of drug-likeness (QED) is 0.463. The van der Waals surface area contributed by atoms with E-state index in [1.165, 1.54) is 22.2 Å². The fourth-order valence-electron chi connectivity index (χ4n) is 3.70. The van der Waals surface area contributed by atoms with E-state index in [1.54, 1.807) is 7.05 Å². The van der Waals surface area contributed by atoms with Crippen LogP contribution in [-0.4, -0.2) is 36.2 Å². The smallest absolute Gasteiger partial charge is 0.375 e. The zero-order valence-electron chi connectivity index (χ0n) is 17.5. The largest absolute Gasteiger partial charge is 0.463 e. The number of ether oxygens (including phenoxy) is 1. The van der Waals surface area contributed by atoms with Gasteiger partial charge in [-0.15, -0.1) is 0 Å². The summed E-state index contributed by atoms with van der Waals surface area (Å²) in [5.41, 5.74) is 0. The van der Waals surface area contributed by atoms with Crippen molar-refractivity contribution in [2.75, 3.05) is 7.11 Å². The monoisotopic (exact) mass is 409 g/mol. The Morgan fingerprint density at radius 3 is 1.97 bits per heavy atom. The Hall–Kier alpha value is -2.77. The van der Waals surface area contributed by atoms with E-state index in [-0.39, 0.29) is 17.5 Å². The maximum Gasteiger partial charge on any atom is 0.375 e. The molecule has 6 nitrogen and oxygen atoms in total. The number of aryl methyl sites for hydroxylation is 1. The second kappa shape index (κ2) is 8.30. The second-order valence-electron chi connectivity index (χ2n) is 7.92. The molecule has 0 amide bonds. The Bertz CT molecular complexity index is 926. The van der Waals surface area contributed by atoms with Gasteiger partial charge in [0.2, 0.25) is 5.82 Å². The lowest BCUT2D eigenvalue weighted by Crippen LogP contribution is -2.66. The van der Waals surface area contributed by atoms with Crippen molar-refractivity contribution in [3.63, 3.8) is 0 Å². The van der Waals surface area contributed by atoms with Gasteiger partial charge in [-0.05, 0) is 15.4 Å². The Kier molecular flexibility index (Phi) is 6.00. The van der Waals surface area contributed by atoms with Gasteiger partial charge in [0, 0.05) is 7.05 Å². The molecular weight excluding hydrogens is 382 g/mol. The van der Waals surface area contributed by atoms with E-state index in [4.69, 9.17) is 9.16 Å². The number of nitrogens with zero attached hydrogens (tertiary/aromatic N) is 3. The maximum absolute atomic E-state index is 11.9. The second-order valence-corrected chi connectivity index (χ2v) is 12.2. The van der Waals surface area contributed by atoms with Crippen LogP contribution in [0.3, 0.4) is 0 Å². The molecule has 1 heterocycles. The molecule has 1 aromatic heterocycles. The average molecular weight is 410 g/mol. The average Bonchev–Trinajstić information content (AvgIpc) is 3.09. The van der Waals surface area contributed by atoms with Crippen LogP contribution in [0.1, 0.15) is 37.2 Å². The topological polar surface area (TPSA) is 66.2 Å². The SMILES string of the molecule is COC(=O)c1nc(CO[Si](c2ccccc2)(c2ccccc2)C(C)(C)C)nn1C. The summed E-state index contributed by atoms with van der Waals surface area (Å²) in [6.45, 7) is 6.85. The first-order valence-corrected chi connectivity index (χ1v) is 11.4. The van der Waals surface area contributed by atoms with E-state index in [0.717, 1.165) is 0 Å². The first-order valence-electron chi connectivity index (χ1n) is 9.53. The Morgan fingerprint density at radius 2 is 1.52 bits per heavy atom. The van der Waals surface area contributed by atoms with E-state index < -0.39 is 14.3 Å². The Morgan fingerprint density at radius 1 is 1.00 bits per heavy atom. The first kappa shape index (κ1) is 20.9. The van der Waals surface area contributed by atoms with Crippen LogP contribution in [0.25, 0.3) is 0 Å². The molecule has 0 aliphatic rings. The van der Waals surface area contributed by atoms with Gasteiger partial charge >= 0.3 is 5.97 Å². The van der Waals surface area contributed by atoms with Crippen molar-refractivity contribution in [1.82, 2.24) is 14.8 Å². The van der Waals surface area contributed by atoms with Crippen LogP contribution < -0.4 is 10.4 Å². The molecule has 3 rings (SSSR count). The van der Waals surface area contributed by atoms with E-state index in [1.807, 2.05) is 36.4 Å². The highest BCUT2D eigenvalue weighted by Crippen LogP contribution is 2.37. The van der Waals surface area contributed by atoms with Crippen molar-refractivity contribution in [3.8, 4) is 0 Å². The molecular formula is C22H27N3O3Si. The summed E-state index contributed by atoms with van der Waals surface area (Å²) < 4.78 is 13.0. The third-order valence-electron chi connectivity index (χ3n) is 5.01. The Labute approximate surface area is 172 Å². The lowest BCUT2D eigenvalue weighted by Gasteiger charge is -2.42. The predicted octanol–water partition coefficient (Wildman–Crippen LogP) is 2.68. The van der Waals surface area contributed by atoms with E-state index in [2.05, 4.69) is 55.1 Å². The van der Waals surface area contributed by atoms with Crippen LogP contribution >= 0.6 is 0 Å². The fraction of sp³-hybridized carbons (Fsp3) is 0.318. The highest BCUT2D eigenvalue weighted by molar-refractivity contribution is 6.99. The van der Waals surface area contributed by atoms with Crippen LogP contribution in [0.15, 0.2) is 60.7 Å². The van der Waals surface area contributed by atoms with Crippen LogP contribution in [0.2, 0.25) is 5.04 Å². The third-order valence-corrected chi connectivity index (χ3v) is 9.99. The number of esters is 1. The lowest BCUT2D eigenvalue weighted by molar-refractivity contribution is 0.0581. The zero-order valence-corrected chi connectivity index (χ0v) is 18.5. The highest BCUT2D eigenvalue weighted by atomic mass is 28.4. The molecule has 0 atom stereocenters. The minimum absolute atomic E-state index is 0.143. The molecule has 7 heteroatoms. The number of hydrogen-bond donors (Lipinski definition) is 0. The van der Waals surface area contributed by atoms with Crippen LogP contribution in [0.5, 0.6) is 0 Å². The lowest BCUT2D eigenvalue weighted by atomic mass is 10.2. The standard InChI is InChI=1S/C22H27N3O3Si/c1-22(2,3)29(17-12-8-6-9-13-17,18-14-10-7-11-15-18)28-16-19-23-20(21(26)27-5)25(4)24-19/h6-15H,16H2,1-5H3. The molecule has 3 aromatic rings. The van der Waals surface area contributed by atoms with Gasteiger partial charge in [0.1, 0.15) is 0 Å². The molecule has 2 aromatic carbocycles. The summed E-state index contributed by atoms with van der Waals surface area (Å²) in [4.78, 5) is 16.2. The molecule has 0 saturated carbocycles.